The normalized spacial score (nSPS) is 36.9. The highest BCUT2D eigenvalue weighted by Gasteiger charge is 2.72. The Hall–Kier alpha value is -2.66. The Kier molecular flexibility index (Phi) is 11.8. The quantitative estimate of drug-likeness (QED) is 0.116. The largest absolute Gasteiger partial charge is 0.462 e. The van der Waals surface area contributed by atoms with Crippen LogP contribution in [0.25, 0.3) is 0 Å². The molecule has 4 N–H and O–H groups in total. The minimum atomic E-state index is -1.03. The van der Waals surface area contributed by atoms with Crippen LogP contribution in [-0.2, 0) is 28.6 Å². The van der Waals surface area contributed by atoms with Gasteiger partial charge in [0.05, 0.1) is 5.60 Å². The first-order chi connectivity index (χ1) is 22.9. The number of hydrogen-bond donors (Lipinski definition) is 4. The number of rotatable bonds is 14. The molecule has 4 saturated carbocycles. The summed E-state index contributed by atoms with van der Waals surface area (Å²) in [5.41, 5.74) is -0.924. The fourth-order valence-electron chi connectivity index (χ4n) is 10.5. The Morgan fingerprint density at radius 1 is 0.917 bits per heavy atom. The lowest BCUT2D eigenvalue weighted by molar-refractivity contribution is -0.250. The zero-order chi connectivity index (χ0) is 34.5. The number of hydrogen-bond acceptors (Lipinski definition) is 9. The second kappa shape index (κ2) is 15.5. The zero-order valence-electron chi connectivity index (χ0n) is 29.2. The summed E-state index contributed by atoms with van der Waals surface area (Å²) in [6, 6.07) is 0. The van der Waals surface area contributed by atoms with Gasteiger partial charge in [0.15, 0.2) is 0 Å². The second-order valence-electron chi connectivity index (χ2n) is 15.6. The average molecular weight is 675 g/mol. The molecule has 1 heterocycles. The van der Waals surface area contributed by atoms with Crippen LogP contribution in [0, 0.1) is 34.5 Å². The lowest BCUT2D eigenvalue weighted by Gasteiger charge is -2.65. The van der Waals surface area contributed by atoms with E-state index in [1.807, 2.05) is 0 Å². The van der Waals surface area contributed by atoms with E-state index in [9.17, 15) is 24.3 Å². The van der Waals surface area contributed by atoms with Crippen LogP contribution in [0.2, 0.25) is 0 Å². The number of amides is 2. The molecule has 0 bridgehead atoms. The maximum Gasteiger partial charge on any atom is 0.407 e. The third-order valence-electron chi connectivity index (χ3n) is 13.1. The van der Waals surface area contributed by atoms with Crippen molar-refractivity contribution in [1.29, 1.82) is 0 Å². The summed E-state index contributed by atoms with van der Waals surface area (Å²) < 4.78 is 17.3. The molecule has 0 aromatic heterocycles. The van der Waals surface area contributed by atoms with Crippen LogP contribution < -0.4 is 10.6 Å². The lowest BCUT2D eigenvalue weighted by atomic mass is 9.42. The van der Waals surface area contributed by atoms with Crippen LogP contribution in [-0.4, -0.2) is 78.3 Å². The molecule has 0 spiro atoms. The van der Waals surface area contributed by atoms with Crippen molar-refractivity contribution >= 4 is 23.9 Å². The maximum absolute atomic E-state index is 12.7. The van der Waals surface area contributed by atoms with Crippen LogP contribution in [0.5, 0.6) is 0 Å². The van der Waals surface area contributed by atoms with Crippen LogP contribution in [0.4, 0.5) is 4.79 Å². The number of unbranched alkanes of at least 4 members (excludes halogenated alkanes) is 4. The van der Waals surface area contributed by atoms with E-state index >= 15 is 0 Å². The van der Waals surface area contributed by atoms with Gasteiger partial charge in [-0.15, -0.1) is 0 Å². The molecule has 11 heteroatoms. The molecule has 4 fully saturated rings. The molecule has 11 nitrogen and oxygen atoms in total. The fourth-order valence-corrected chi connectivity index (χ4v) is 10.5. The van der Waals surface area contributed by atoms with Crippen molar-refractivity contribution in [2.45, 2.75) is 135 Å². The van der Waals surface area contributed by atoms with Gasteiger partial charge in [0, 0.05) is 44.5 Å². The molecule has 0 aromatic rings. The minimum absolute atomic E-state index is 0.0463. The van der Waals surface area contributed by atoms with Gasteiger partial charge in [-0.3, -0.25) is 9.59 Å². The molecule has 4 unspecified atom stereocenters. The highest BCUT2D eigenvalue weighted by Crippen LogP contribution is 2.70. The molecule has 5 aliphatic rings. The molecule has 48 heavy (non-hydrogen) atoms. The first-order valence-electron chi connectivity index (χ1n) is 18.5. The van der Waals surface area contributed by atoms with E-state index in [0.29, 0.717) is 38.3 Å². The van der Waals surface area contributed by atoms with Crippen molar-refractivity contribution in [1.82, 2.24) is 10.6 Å². The molecular formula is C37H58N2O9. The summed E-state index contributed by atoms with van der Waals surface area (Å²) in [7, 11) is 0. The van der Waals surface area contributed by atoms with Crippen molar-refractivity contribution in [3.8, 4) is 0 Å². The van der Waals surface area contributed by atoms with Crippen molar-refractivity contribution in [3.63, 3.8) is 0 Å². The van der Waals surface area contributed by atoms with Crippen molar-refractivity contribution in [3.05, 3.63) is 11.6 Å². The summed E-state index contributed by atoms with van der Waals surface area (Å²) in [4.78, 5) is 49.1. The van der Waals surface area contributed by atoms with Crippen molar-refractivity contribution in [2.24, 2.45) is 34.5 Å². The van der Waals surface area contributed by atoms with Gasteiger partial charge in [0.1, 0.15) is 18.8 Å². The van der Waals surface area contributed by atoms with Crippen LogP contribution in [0.15, 0.2) is 11.6 Å². The van der Waals surface area contributed by atoms with Gasteiger partial charge < -0.3 is 35.1 Å². The number of nitrogens with one attached hydrogen (secondary N) is 2. The molecule has 1 aliphatic heterocycles. The third kappa shape index (κ3) is 7.42. The first kappa shape index (κ1) is 36.6. The number of aliphatic hydroxyl groups excluding tert-OH is 1. The van der Waals surface area contributed by atoms with Crippen molar-refractivity contribution in [2.75, 3.05) is 26.3 Å². The maximum atomic E-state index is 12.7. The summed E-state index contributed by atoms with van der Waals surface area (Å²) in [6.07, 6.45) is 12.2. The van der Waals surface area contributed by atoms with E-state index < -0.39 is 23.2 Å². The third-order valence-corrected chi connectivity index (χ3v) is 13.1. The van der Waals surface area contributed by atoms with E-state index in [-0.39, 0.29) is 60.3 Å². The van der Waals surface area contributed by atoms with E-state index in [1.54, 1.807) is 6.08 Å². The first-order valence-corrected chi connectivity index (χ1v) is 18.5. The number of cyclic esters (lactones) is 1. The number of aliphatic hydroxyl groups is 2. The lowest BCUT2D eigenvalue weighted by Crippen LogP contribution is -2.67. The molecule has 270 valence electrons. The molecule has 0 radical (unpaired) electrons. The van der Waals surface area contributed by atoms with Gasteiger partial charge in [-0.25, -0.2) is 9.59 Å². The number of ether oxygens (including phenoxy) is 3. The Bertz CT molecular complexity index is 1220. The van der Waals surface area contributed by atoms with E-state index in [4.69, 9.17) is 19.3 Å². The molecule has 0 aromatic carbocycles. The van der Waals surface area contributed by atoms with E-state index in [2.05, 4.69) is 24.5 Å². The fraction of sp³-hybridized carbons (Fsp3) is 0.838. The number of carbonyl (C=O) groups is 4. The minimum Gasteiger partial charge on any atom is -0.462 e. The van der Waals surface area contributed by atoms with Gasteiger partial charge >= 0.3 is 18.0 Å². The SMILES string of the molecule is CC(=O)OC1C[C@H]2[C@@H](CCC3CC(OC(=O)NCCCCCC(=O)NCCCCCO)CC[C@@]32C)C2(O)CC[C@H](C3=CC(=O)OC3)[C@@]12C. The molecular weight excluding hydrogens is 616 g/mol. The van der Waals surface area contributed by atoms with Gasteiger partial charge in [0.2, 0.25) is 5.91 Å². The highest BCUT2D eigenvalue weighted by molar-refractivity contribution is 5.85. The number of fused-ring (bicyclic) bond motifs is 5. The Labute approximate surface area is 285 Å². The van der Waals surface area contributed by atoms with Gasteiger partial charge in [-0.1, -0.05) is 20.3 Å². The number of carbonyl (C=O) groups excluding carboxylic acids is 4. The van der Waals surface area contributed by atoms with Crippen molar-refractivity contribution < 1.29 is 43.6 Å². The van der Waals surface area contributed by atoms with Gasteiger partial charge in [-0.05, 0) is 118 Å². The summed E-state index contributed by atoms with van der Waals surface area (Å²) >= 11 is 0. The van der Waals surface area contributed by atoms with E-state index in [0.717, 1.165) is 82.6 Å². The summed E-state index contributed by atoms with van der Waals surface area (Å²) in [6.45, 7) is 7.40. The molecule has 5 rings (SSSR count). The Morgan fingerprint density at radius 2 is 1.67 bits per heavy atom. The molecule has 4 aliphatic carbocycles. The number of alkyl carbamates (subject to hydrolysis) is 1. The zero-order valence-corrected chi connectivity index (χ0v) is 29.2. The predicted octanol–water partition coefficient (Wildman–Crippen LogP) is 4.72. The van der Waals surface area contributed by atoms with Crippen LogP contribution >= 0.6 is 0 Å². The van der Waals surface area contributed by atoms with Crippen LogP contribution in [0.3, 0.4) is 0 Å². The standard InChI is InChI=1S/C37H58N2O9/c1-24(41)47-31-22-30-29(37(45)16-14-28(36(31,37)3)25-20-33(43)46-23-25)12-11-26-21-27(13-15-35(26,30)2)48-34(44)39-18-7-4-6-10-32(42)38-17-8-5-9-19-40/h20,26-31,40,45H,4-19,21-23H2,1-3H3,(H,38,42)(H,39,44)/t26?,27?,28-,29-,30+,31?,35+,36+,37?/m1/s1. The summed E-state index contributed by atoms with van der Waals surface area (Å²) in [5, 5.41) is 27.3. The average Bonchev–Trinajstić information content (AvgIpc) is 3.59. The smallest absolute Gasteiger partial charge is 0.407 e. The number of esters is 2. The van der Waals surface area contributed by atoms with Gasteiger partial charge in [-0.2, -0.15) is 0 Å². The van der Waals surface area contributed by atoms with E-state index in [1.165, 1.54) is 6.92 Å². The second-order valence-corrected chi connectivity index (χ2v) is 15.6. The highest BCUT2D eigenvalue weighted by atomic mass is 16.6. The monoisotopic (exact) mass is 674 g/mol. The Morgan fingerprint density at radius 3 is 2.38 bits per heavy atom. The molecule has 0 saturated heterocycles. The Balaban J connectivity index is 1.11. The molecule has 2 amide bonds. The topological polar surface area (TPSA) is 160 Å². The predicted molar refractivity (Wildman–Crippen MR) is 177 cm³/mol. The summed E-state index contributed by atoms with van der Waals surface area (Å²) in [5.74, 6) is -0.193. The van der Waals surface area contributed by atoms with Gasteiger partial charge in [0.25, 0.3) is 0 Å². The van der Waals surface area contributed by atoms with Crippen LogP contribution in [0.1, 0.15) is 117 Å². The molecule has 9 atom stereocenters.